The van der Waals surface area contributed by atoms with Crippen molar-refractivity contribution in [3.8, 4) is 0 Å². The Hall–Kier alpha value is -2.13. The third-order valence-electron chi connectivity index (χ3n) is 6.34. The van der Waals surface area contributed by atoms with Crippen molar-refractivity contribution < 1.29 is 4.79 Å². The standard InChI is InChI=1S/C27H39N5O.HI/c1-21-13-16-32(17-14-21)20-25-10-6-5-9-24(25)19-30-27(28-2)29-15-12-22-8-7-11-23(18-22)26(33)31(3)4;/h5-11,18,21H,12-17,19-20H2,1-4H3,(H2,28,29,30);1H. The van der Waals surface area contributed by atoms with Crippen molar-refractivity contribution in [1.82, 2.24) is 20.4 Å². The van der Waals surface area contributed by atoms with Gasteiger partial charge in [-0.3, -0.25) is 14.7 Å². The van der Waals surface area contributed by atoms with Gasteiger partial charge in [-0.1, -0.05) is 43.3 Å². The van der Waals surface area contributed by atoms with Gasteiger partial charge in [0.2, 0.25) is 0 Å². The van der Waals surface area contributed by atoms with Gasteiger partial charge in [-0.25, -0.2) is 0 Å². The fraction of sp³-hybridized carbons (Fsp3) is 0.481. The number of nitrogens with one attached hydrogen (secondary N) is 2. The smallest absolute Gasteiger partial charge is 0.253 e. The number of guanidine groups is 1. The van der Waals surface area contributed by atoms with Crippen molar-refractivity contribution in [2.45, 2.75) is 39.3 Å². The van der Waals surface area contributed by atoms with Crippen molar-refractivity contribution >= 4 is 35.8 Å². The second-order valence-electron chi connectivity index (χ2n) is 9.23. The Kier molecular flexibility index (Phi) is 11.8. The molecule has 0 radical (unpaired) electrons. The highest BCUT2D eigenvalue weighted by Crippen LogP contribution is 2.19. The Bertz CT molecular complexity index is 938. The van der Waals surface area contributed by atoms with Crippen molar-refractivity contribution in [3.63, 3.8) is 0 Å². The highest BCUT2D eigenvalue weighted by molar-refractivity contribution is 14.0. The van der Waals surface area contributed by atoms with Gasteiger partial charge in [0.25, 0.3) is 5.91 Å². The molecule has 0 atom stereocenters. The zero-order valence-corrected chi connectivity index (χ0v) is 23.3. The van der Waals surface area contributed by atoms with Gasteiger partial charge < -0.3 is 15.5 Å². The molecular formula is C27H40IN5O. The largest absolute Gasteiger partial charge is 0.356 e. The van der Waals surface area contributed by atoms with Crippen molar-refractivity contribution in [3.05, 3.63) is 70.8 Å². The molecule has 2 N–H and O–H groups in total. The first-order chi connectivity index (χ1) is 16.0. The summed E-state index contributed by atoms with van der Waals surface area (Å²) in [6.45, 7) is 7.23. The monoisotopic (exact) mass is 577 g/mol. The number of rotatable bonds is 8. The van der Waals surface area contributed by atoms with E-state index in [1.54, 1.807) is 26.0 Å². The third kappa shape index (κ3) is 8.58. The second kappa shape index (κ2) is 14.3. The van der Waals surface area contributed by atoms with Crippen LogP contribution in [0.1, 0.15) is 46.8 Å². The minimum atomic E-state index is 0. The second-order valence-corrected chi connectivity index (χ2v) is 9.23. The van der Waals surface area contributed by atoms with Crippen LogP contribution in [0.4, 0.5) is 0 Å². The summed E-state index contributed by atoms with van der Waals surface area (Å²) in [5.74, 6) is 1.67. The van der Waals surface area contributed by atoms with E-state index in [0.29, 0.717) is 0 Å². The highest BCUT2D eigenvalue weighted by Gasteiger charge is 2.16. The molecule has 0 aliphatic carbocycles. The van der Waals surface area contributed by atoms with Crippen molar-refractivity contribution in [1.29, 1.82) is 0 Å². The zero-order valence-electron chi connectivity index (χ0n) is 21.0. The van der Waals surface area contributed by atoms with E-state index in [-0.39, 0.29) is 29.9 Å². The summed E-state index contributed by atoms with van der Waals surface area (Å²) in [6, 6.07) is 16.5. The Labute approximate surface area is 222 Å². The number of piperidine rings is 1. The Balaban J connectivity index is 0.00000408. The van der Waals surface area contributed by atoms with Gasteiger partial charge in [0.05, 0.1) is 0 Å². The molecular weight excluding hydrogens is 537 g/mol. The van der Waals surface area contributed by atoms with E-state index in [1.807, 2.05) is 18.2 Å². The van der Waals surface area contributed by atoms with E-state index in [0.717, 1.165) is 49.1 Å². The molecule has 0 saturated carbocycles. The fourth-order valence-corrected chi connectivity index (χ4v) is 4.19. The summed E-state index contributed by atoms with van der Waals surface area (Å²) in [7, 11) is 5.35. The van der Waals surface area contributed by atoms with Crippen LogP contribution in [0.5, 0.6) is 0 Å². The van der Waals surface area contributed by atoms with Gasteiger partial charge in [-0.15, -0.1) is 24.0 Å². The Morgan fingerprint density at radius 3 is 2.44 bits per heavy atom. The quantitative estimate of drug-likeness (QED) is 0.281. The number of hydrogen-bond acceptors (Lipinski definition) is 3. The lowest BCUT2D eigenvalue weighted by Gasteiger charge is -2.30. The van der Waals surface area contributed by atoms with E-state index in [2.05, 4.69) is 57.8 Å². The molecule has 2 aromatic carbocycles. The number of carbonyl (C=O) groups excluding carboxylic acids is 1. The lowest BCUT2D eigenvalue weighted by atomic mass is 9.98. The average Bonchev–Trinajstić information content (AvgIpc) is 2.83. The summed E-state index contributed by atoms with van der Waals surface area (Å²) in [4.78, 5) is 20.7. The molecule has 2 aromatic rings. The molecule has 0 aromatic heterocycles. The lowest BCUT2D eigenvalue weighted by Crippen LogP contribution is -2.38. The molecule has 1 heterocycles. The molecule has 1 aliphatic heterocycles. The van der Waals surface area contributed by atoms with Crippen molar-refractivity contribution in [2.75, 3.05) is 40.8 Å². The van der Waals surface area contributed by atoms with Crippen LogP contribution in [-0.4, -0.2) is 62.4 Å². The molecule has 186 valence electrons. The number of aliphatic imine (C=N–C) groups is 1. The van der Waals surface area contributed by atoms with Gasteiger partial charge in [0, 0.05) is 46.3 Å². The Morgan fingerprint density at radius 2 is 1.76 bits per heavy atom. The molecule has 7 heteroatoms. The molecule has 1 amide bonds. The average molecular weight is 578 g/mol. The number of benzene rings is 2. The molecule has 0 unspecified atom stereocenters. The summed E-state index contributed by atoms with van der Waals surface area (Å²) in [5, 5.41) is 6.86. The van der Waals surface area contributed by atoms with Gasteiger partial charge in [0.15, 0.2) is 5.96 Å². The van der Waals surface area contributed by atoms with Gasteiger partial charge in [-0.2, -0.15) is 0 Å². The van der Waals surface area contributed by atoms with Crippen LogP contribution in [0.3, 0.4) is 0 Å². The molecule has 1 fully saturated rings. The number of nitrogens with zero attached hydrogens (tertiary/aromatic N) is 3. The predicted molar refractivity (Wildman–Crippen MR) is 152 cm³/mol. The summed E-state index contributed by atoms with van der Waals surface area (Å²) >= 11 is 0. The first-order valence-electron chi connectivity index (χ1n) is 12.0. The lowest BCUT2D eigenvalue weighted by molar-refractivity contribution is 0.0827. The topological polar surface area (TPSA) is 60.0 Å². The number of amides is 1. The van der Waals surface area contributed by atoms with E-state index in [9.17, 15) is 4.79 Å². The number of hydrogen-bond donors (Lipinski definition) is 2. The molecule has 0 spiro atoms. The van der Waals surface area contributed by atoms with Crippen LogP contribution < -0.4 is 10.6 Å². The molecule has 34 heavy (non-hydrogen) atoms. The van der Waals surface area contributed by atoms with Crippen LogP contribution in [0, 0.1) is 5.92 Å². The predicted octanol–water partition coefficient (Wildman–Crippen LogP) is 4.15. The fourth-order valence-electron chi connectivity index (χ4n) is 4.19. The molecule has 1 aliphatic rings. The highest BCUT2D eigenvalue weighted by atomic mass is 127. The van der Waals surface area contributed by atoms with Crippen LogP contribution in [0.15, 0.2) is 53.5 Å². The van der Waals surface area contributed by atoms with E-state index >= 15 is 0 Å². The van der Waals surface area contributed by atoms with Gasteiger partial charge in [0.1, 0.15) is 0 Å². The number of halogens is 1. The third-order valence-corrected chi connectivity index (χ3v) is 6.34. The van der Waals surface area contributed by atoms with Crippen molar-refractivity contribution in [2.24, 2.45) is 10.9 Å². The molecule has 3 rings (SSSR count). The van der Waals surface area contributed by atoms with Crippen LogP contribution in [-0.2, 0) is 19.5 Å². The van der Waals surface area contributed by atoms with E-state index < -0.39 is 0 Å². The normalized spacial score (nSPS) is 14.9. The summed E-state index contributed by atoms with van der Waals surface area (Å²) in [6.07, 6.45) is 3.41. The SMILES string of the molecule is CN=C(NCCc1cccc(C(=O)N(C)C)c1)NCc1ccccc1CN1CCC(C)CC1.I. The maximum absolute atomic E-state index is 12.2. The van der Waals surface area contributed by atoms with E-state index in [4.69, 9.17) is 0 Å². The zero-order chi connectivity index (χ0) is 23.6. The molecule has 0 bridgehead atoms. The maximum atomic E-state index is 12.2. The van der Waals surface area contributed by atoms with E-state index in [1.165, 1.54) is 37.1 Å². The van der Waals surface area contributed by atoms with Gasteiger partial charge >= 0.3 is 0 Å². The van der Waals surface area contributed by atoms with Crippen LogP contribution in [0.25, 0.3) is 0 Å². The first kappa shape index (κ1) is 28.1. The maximum Gasteiger partial charge on any atom is 0.253 e. The van der Waals surface area contributed by atoms with Gasteiger partial charge in [-0.05, 0) is 67.1 Å². The molecule has 1 saturated heterocycles. The first-order valence-corrected chi connectivity index (χ1v) is 12.0. The van der Waals surface area contributed by atoms with Crippen LogP contribution >= 0.6 is 24.0 Å². The molecule has 6 nitrogen and oxygen atoms in total. The van der Waals surface area contributed by atoms with Crippen LogP contribution in [0.2, 0.25) is 0 Å². The number of carbonyl (C=O) groups is 1. The minimum absolute atomic E-state index is 0. The minimum Gasteiger partial charge on any atom is -0.356 e. The summed E-state index contributed by atoms with van der Waals surface area (Å²) in [5.41, 5.74) is 4.55. The Morgan fingerprint density at radius 1 is 1.06 bits per heavy atom. The summed E-state index contributed by atoms with van der Waals surface area (Å²) < 4.78 is 0. The number of likely N-dealkylation sites (tertiary alicyclic amines) is 1.